The van der Waals surface area contributed by atoms with Gasteiger partial charge in [0.2, 0.25) is 11.8 Å². The highest BCUT2D eigenvalue weighted by molar-refractivity contribution is 7.99. The molecule has 1 saturated heterocycles. The minimum Gasteiger partial charge on any atom is -0.341 e. The molecule has 136 valence electrons. The molecule has 1 fully saturated rings. The molecular formula is C20H28N2O2S. The molecule has 0 bridgehead atoms. The zero-order chi connectivity index (χ0) is 17.6. The fraction of sp³-hybridized carbons (Fsp3) is 0.600. The number of rotatable bonds is 4. The Kier molecular flexibility index (Phi) is 6.40. The smallest absolute Gasteiger partial charge is 0.227 e. The van der Waals surface area contributed by atoms with E-state index in [1.807, 2.05) is 28.5 Å². The van der Waals surface area contributed by atoms with Gasteiger partial charge in [-0.15, -0.1) is 11.8 Å². The van der Waals surface area contributed by atoms with E-state index < -0.39 is 0 Å². The van der Waals surface area contributed by atoms with E-state index in [0.29, 0.717) is 25.9 Å². The average molecular weight is 361 g/mol. The van der Waals surface area contributed by atoms with Crippen molar-refractivity contribution in [1.82, 2.24) is 9.80 Å². The van der Waals surface area contributed by atoms with Crippen LogP contribution in [0.5, 0.6) is 0 Å². The van der Waals surface area contributed by atoms with E-state index in [0.717, 1.165) is 37.9 Å². The molecular weight excluding hydrogens is 332 g/mol. The van der Waals surface area contributed by atoms with Crippen LogP contribution in [-0.2, 0) is 22.4 Å². The molecule has 4 nitrogen and oxygen atoms in total. The van der Waals surface area contributed by atoms with Gasteiger partial charge in [-0.1, -0.05) is 19.1 Å². The second kappa shape index (κ2) is 8.75. The van der Waals surface area contributed by atoms with Gasteiger partial charge in [-0.3, -0.25) is 9.59 Å². The third-order valence-corrected chi connectivity index (χ3v) is 6.20. The molecule has 2 amide bonds. The molecule has 0 saturated carbocycles. The molecule has 2 heterocycles. The molecule has 0 aromatic heterocycles. The first-order valence-corrected chi connectivity index (χ1v) is 10.5. The van der Waals surface area contributed by atoms with E-state index in [4.69, 9.17) is 0 Å². The van der Waals surface area contributed by atoms with Crippen LogP contribution in [-0.4, -0.2) is 53.5 Å². The third kappa shape index (κ3) is 4.78. The number of aryl methyl sites for hydroxylation is 1. The number of carbonyl (C=O) groups is 2. The van der Waals surface area contributed by atoms with Gasteiger partial charge in [0, 0.05) is 37.5 Å². The molecule has 1 aromatic carbocycles. The molecule has 0 atom stereocenters. The maximum atomic E-state index is 12.7. The summed E-state index contributed by atoms with van der Waals surface area (Å²) in [6, 6.07) is 6.49. The summed E-state index contributed by atoms with van der Waals surface area (Å²) in [7, 11) is 0. The van der Waals surface area contributed by atoms with E-state index in [1.165, 1.54) is 22.6 Å². The van der Waals surface area contributed by atoms with Gasteiger partial charge < -0.3 is 9.80 Å². The van der Waals surface area contributed by atoms with Gasteiger partial charge in [-0.25, -0.2) is 0 Å². The Balaban J connectivity index is 1.57. The molecule has 2 aliphatic rings. The van der Waals surface area contributed by atoms with Crippen LogP contribution in [0.3, 0.4) is 0 Å². The van der Waals surface area contributed by atoms with Crippen LogP contribution in [0.4, 0.5) is 0 Å². The quantitative estimate of drug-likeness (QED) is 0.828. The number of fused-ring (bicyclic) bond motifs is 1. The van der Waals surface area contributed by atoms with E-state index in [9.17, 15) is 9.59 Å². The standard InChI is InChI=1S/C20H28N2O2S/c1-2-5-19(23)21-9-4-10-22(12-11-21)20(24)15-16-7-8-18-17(14-16)6-3-13-25-18/h7-8,14H,2-6,9-13,15H2,1H3. The zero-order valence-electron chi connectivity index (χ0n) is 15.1. The first kappa shape index (κ1) is 18.3. The summed E-state index contributed by atoms with van der Waals surface area (Å²) < 4.78 is 0. The Morgan fingerprint density at radius 1 is 1.04 bits per heavy atom. The molecule has 0 aliphatic carbocycles. The minimum atomic E-state index is 0.188. The van der Waals surface area contributed by atoms with E-state index in [-0.39, 0.29) is 11.8 Å². The van der Waals surface area contributed by atoms with Gasteiger partial charge >= 0.3 is 0 Å². The second-order valence-electron chi connectivity index (χ2n) is 6.94. The summed E-state index contributed by atoms with van der Waals surface area (Å²) >= 11 is 1.92. The predicted molar refractivity (Wildman–Crippen MR) is 102 cm³/mol. The minimum absolute atomic E-state index is 0.188. The van der Waals surface area contributed by atoms with Crippen LogP contribution in [0.25, 0.3) is 0 Å². The van der Waals surface area contributed by atoms with Gasteiger partial charge in [0.15, 0.2) is 0 Å². The van der Waals surface area contributed by atoms with Crippen LogP contribution < -0.4 is 0 Å². The van der Waals surface area contributed by atoms with E-state index >= 15 is 0 Å². The molecule has 3 rings (SSSR count). The molecule has 25 heavy (non-hydrogen) atoms. The molecule has 5 heteroatoms. The number of amides is 2. The van der Waals surface area contributed by atoms with Crippen LogP contribution in [0.15, 0.2) is 23.1 Å². The Hall–Kier alpha value is -1.49. The maximum absolute atomic E-state index is 12.7. The van der Waals surface area contributed by atoms with Crippen LogP contribution >= 0.6 is 11.8 Å². The van der Waals surface area contributed by atoms with Gasteiger partial charge in [0.25, 0.3) is 0 Å². The molecule has 0 unspecified atom stereocenters. The Morgan fingerprint density at radius 2 is 1.80 bits per heavy atom. The highest BCUT2D eigenvalue weighted by Gasteiger charge is 2.22. The topological polar surface area (TPSA) is 40.6 Å². The largest absolute Gasteiger partial charge is 0.341 e. The van der Waals surface area contributed by atoms with Crippen molar-refractivity contribution in [3.63, 3.8) is 0 Å². The summed E-state index contributed by atoms with van der Waals surface area (Å²) in [5.41, 5.74) is 2.52. The summed E-state index contributed by atoms with van der Waals surface area (Å²) in [6.07, 6.45) is 5.20. The van der Waals surface area contributed by atoms with Crippen molar-refractivity contribution in [2.24, 2.45) is 0 Å². The van der Waals surface area contributed by atoms with Gasteiger partial charge in [0.05, 0.1) is 6.42 Å². The fourth-order valence-corrected chi connectivity index (χ4v) is 4.62. The summed E-state index contributed by atoms with van der Waals surface area (Å²) in [5.74, 6) is 1.61. The van der Waals surface area contributed by atoms with Crippen molar-refractivity contribution < 1.29 is 9.59 Å². The summed E-state index contributed by atoms with van der Waals surface area (Å²) in [6.45, 7) is 4.90. The summed E-state index contributed by atoms with van der Waals surface area (Å²) in [4.78, 5) is 30.0. The maximum Gasteiger partial charge on any atom is 0.227 e. The Labute approximate surface area is 154 Å². The van der Waals surface area contributed by atoms with E-state index in [2.05, 4.69) is 18.2 Å². The van der Waals surface area contributed by atoms with E-state index in [1.54, 1.807) is 0 Å². The average Bonchev–Trinajstić information content (AvgIpc) is 2.88. The molecule has 2 aliphatic heterocycles. The van der Waals surface area contributed by atoms with Crippen LogP contribution in [0.1, 0.15) is 43.7 Å². The van der Waals surface area contributed by atoms with Gasteiger partial charge in [-0.05, 0) is 48.6 Å². The van der Waals surface area contributed by atoms with Crippen molar-refractivity contribution in [1.29, 1.82) is 0 Å². The lowest BCUT2D eigenvalue weighted by Gasteiger charge is -2.22. The zero-order valence-corrected chi connectivity index (χ0v) is 15.9. The summed E-state index contributed by atoms with van der Waals surface area (Å²) in [5, 5.41) is 0. The Morgan fingerprint density at radius 3 is 2.56 bits per heavy atom. The van der Waals surface area contributed by atoms with Crippen molar-refractivity contribution in [3.8, 4) is 0 Å². The molecule has 0 spiro atoms. The monoisotopic (exact) mass is 360 g/mol. The fourth-order valence-electron chi connectivity index (χ4n) is 3.60. The first-order valence-electron chi connectivity index (χ1n) is 9.47. The Bertz CT molecular complexity index is 632. The molecule has 0 radical (unpaired) electrons. The van der Waals surface area contributed by atoms with Crippen molar-refractivity contribution in [2.45, 2.75) is 50.3 Å². The highest BCUT2D eigenvalue weighted by Crippen LogP contribution is 2.30. The lowest BCUT2D eigenvalue weighted by Crippen LogP contribution is -2.37. The molecule has 0 N–H and O–H groups in total. The van der Waals surface area contributed by atoms with Crippen LogP contribution in [0.2, 0.25) is 0 Å². The van der Waals surface area contributed by atoms with Crippen molar-refractivity contribution in [2.75, 3.05) is 31.9 Å². The number of carbonyl (C=O) groups excluding carboxylic acids is 2. The normalized spacial score (nSPS) is 17.8. The number of hydrogen-bond acceptors (Lipinski definition) is 3. The highest BCUT2D eigenvalue weighted by atomic mass is 32.2. The predicted octanol–water partition coefficient (Wildman–Crippen LogP) is 3.13. The van der Waals surface area contributed by atoms with Crippen LogP contribution in [0, 0.1) is 0 Å². The van der Waals surface area contributed by atoms with Crippen molar-refractivity contribution in [3.05, 3.63) is 29.3 Å². The number of benzene rings is 1. The van der Waals surface area contributed by atoms with Gasteiger partial charge in [0.1, 0.15) is 0 Å². The third-order valence-electron chi connectivity index (χ3n) is 4.99. The molecule has 1 aromatic rings. The lowest BCUT2D eigenvalue weighted by molar-refractivity contribution is -0.133. The first-order chi connectivity index (χ1) is 12.2. The second-order valence-corrected chi connectivity index (χ2v) is 8.07. The van der Waals surface area contributed by atoms with Gasteiger partial charge in [-0.2, -0.15) is 0 Å². The lowest BCUT2D eigenvalue weighted by atomic mass is 10.0. The number of nitrogens with zero attached hydrogens (tertiary/aromatic N) is 2. The number of thioether (sulfide) groups is 1. The number of hydrogen-bond donors (Lipinski definition) is 0. The SMILES string of the molecule is CCCC(=O)N1CCCN(C(=O)Cc2ccc3c(c2)CCCS3)CC1. The van der Waals surface area contributed by atoms with Crippen molar-refractivity contribution >= 4 is 23.6 Å².